The second-order valence-corrected chi connectivity index (χ2v) is 5.87. The lowest BCUT2D eigenvalue weighted by Crippen LogP contribution is -2.14. The van der Waals surface area contributed by atoms with Crippen molar-refractivity contribution in [2.24, 2.45) is 0 Å². The quantitative estimate of drug-likeness (QED) is 0.463. The summed E-state index contributed by atoms with van der Waals surface area (Å²) < 4.78 is 10.6. The molecule has 27 heavy (non-hydrogen) atoms. The normalized spacial score (nSPS) is 10.5. The van der Waals surface area contributed by atoms with Crippen LogP contribution in [0.5, 0.6) is 11.5 Å². The minimum atomic E-state index is -0.519. The van der Waals surface area contributed by atoms with Crippen LogP contribution >= 0.6 is 11.6 Å². The summed E-state index contributed by atoms with van der Waals surface area (Å²) in [6.45, 7) is 1.90. The first-order valence-corrected chi connectivity index (χ1v) is 8.30. The number of nitrogens with zero attached hydrogens (tertiary/aromatic N) is 1. The van der Waals surface area contributed by atoms with E-state index in [0.29, 0.717) is 22.7 Å². The third kappa shape index (κ3) is 5.04. The van der Waals surface area contributed by atoms with E-state index in [0.717, 1.165) is 5.56 Å². The van der Waals surface area contributed by atoms with Crippen molar-refractivity contribution in [2.45, 2.75) is 6.92 Å². The van der Waals surface area contributed by atoms with E-state index in [-0.39, 0.29) is 17.2 Å². The van der Waals surface area contributed by atoms with Crippen molar-refractivity contribution >= 4 is 29.3 Å². The Morgan fingerprint density at radius 2 is 2.11 bits per heavy atom. The highest BCUT2D eigenvalue weighted by Crippen LogP contribution is 2.37. The van der Waals surface area contributed by atoms with E-state index in [1.54, 1.807) is 24.3 Å². The molecule has 2 aromatic rings. The standard InChI is InChI=1S/C21H17ClN2O3/c1-4-9-27-20-17(22)11-15(12-19(20)26-3)10-16(13-23)21(25)24-18-8-6-5-7-14(18)2/h1,5-8,10-12H,9H2,2-3H3,(H,24,25)/b16-10-. The van der Waals surface area contributed by atoms with Crippen LogP contribution in [0.2, 0.25) is 5.02 Å². The van der Waals surface area contributed by atoms with Gasteiger partial charge in [0.15, 0.2) is 11.5 Å². The zero-order valence-electron chi connectivity index (χ0n) is 14.9. The number of nitrogens with one attached hydrogen (secondary N) is 1. The van der Waals surface area contributed by atoms with Gasteiger partial charge < -0.3 is 14.8 Å². The molecule has 0 bridgehead atoms. The first kappa shape index (κ1) is 19.9. The van der Waals surface area contributed by atoms with Gasteiger partial charge in [0.25, 0.3) is 5.91 Å². The molecule has 0 spiro atoms. The van der Waals surface area contributed by atoms with Crippen LogP contribution in [-0.4, -0.2) is 19.6 Å². The van der Waals surface area contributed by atoms with E-state index < -0.39 is 5.91 Å². The van der Waals surface area contributed by atoms with Gasteiger partial charge in [0, 0.05) is 5.69 Å². The molecule has 6 heteroatoms. The molecule has 0 heterocycles. The Bertz CT molecular complexity index is 968. The van der Waals surface area contributed by atoms with Crippen LogP contribution < -0.4 is 14.8 Å². The van der Waals surface area contributed by atoms with E-state index >= 15 is 0 Å². The predicted molar refractivity (Wildman–Crippen MR) is 106 cm³/mol. The molecule has 2 aromatic carbocycles. The fourth-order valence-electron chi connectivity index (χ4n) is 2.30. The minimum absolute atomic E-state index is 0.0353. The molecule has 0 saturated heterocycles. The SMILES string of the molecule is C#CCOc1c(Cl)cc(/C=C(/C#N)C(=O)Nc2ccccc2C)cc1OC. The number of nitriles is 1. The van der Waals surface area contributed by atoms with Crippen LogP contribution in [0, 0.1) is 30.6 Å². The van der Waals surface area contributed by atoms with Gasteiger partial charge >= 0.3 is 0 Å². The predicted octanol–water partition coefficient (Wildman–Crippen LogP) is 4.21. The number of hydrogen-bond donors (Lipinski definition) is 1. The second kappa shape index (κ2) is 9.33. The number of halogens is 1. The fourth-order valence-corrected chi connectivity index (χ4v) is 2.57. The number of hydrogen-bond acceptors (Lipinski definition) is 4. The summed E-state index contributed by atoms with van der Waals surface area (Å²) >= 11 is 6.22. The number of amides is 1. The third-order valence-electron chi connectivity index (χ3n) is 3.62. The van der Waals surface area contributed by atoms with Crippen LogP contribution in [0.1, 0.15) is 11.1 Å². The van der Waals surface area contributed by atoms with E-state index in [4.69, 9.17) is 27.5 Å². The summed E-state index contributed by atoms with van der Waals surface area (Å²) in [5, 5.41) is 12.4. The van der Waals surface area contributed by atoms with Gasteiger partial charge in [-0.1, -0.05) is 35.7 Å². The molecule has 0 saturated carbocycles. The molecular weight excluding hydrogens is 364 g/mol. The number of anilines is 1. The average Bonchev–Trinajstić information content (AvgIpc) is 2.66. The van der Waals surface area contributed by atoms with Gasteiger partial charge in [0.05, 0.1) is 12.1 Å². The number of aryl methyl sites for hydroxylation is 1. The highest BCUT2D eigenvalue weighted by molar-refractivity contribution is 6.32. The molecule has 0 aliphatic heterocycles. The zero-order chi connectivity index (χ0) is 19.8. The highest BCUT2D eigenvalue weighted by Gasteiger charge is 2.14. The van der Waals surface area contributed by atoms with Crippen LogP contribution in [0.25, 0.3) is 6.08 Å². The largest absolute Gasteiger partial charge is 0.493 e. The minimum Gasteiger partial charge on any atom is -0.493 e. The molecule has 0 unspecified atom stereocenters. The number of ether oxygens (including phenoxy) is 2. The Balaban J connectivity index is 2.33. The van der Waals surface area contributed by atoms with E-state index in [1.165, 1.54) is 13.2 Å². The van der Waals surface area contributed by atoms with Gasteiger partial charge in [0.1, 0.15) is 18.2 Å². The highest BCUT2D eigenvalue weighted by atomic mass is 35.5. The van der Waals surface area contributed by atoms with Crippen molar-refractivity contribution < 1.29 is 14.3 Å². The fraction of sp³-hybridized carbons (Fsp3) is 0.143. The molecule has 1 amide bonds. The molecule has 0 aliphatic carbocycles. The summed E-state index contributed by atoms with van der Waals surface area (Å²) in [5.74, 6) is 2.48. The monoisotopic (exact) mass is 380 g/mol. The number of para-hydroxylation sites is 1. The van der Waals surface area contributed by atoms with Crippen molar-refractivity contribution in [2.75, 3.05) is 19.0 Å². The van der Waals surface area contributed by atoms with Gasteiger partial charge in [-0.25, -0.2) is 0 Å². The number of rotatable bonds is 6. The van der Waals surface area contributed by atoms with Crippen molar-refractivity contribution in [1.82, 2.24) is 0 Å². The Labute approximate surface area is 163 Å². The lowest BCUT2D eigenvalue weighted by atomic mass is 10.1. The van der Waals surface area contributed by atoms with Crippen molar-refractivity contribution in [3.8, 4) is 29.9 Å². The van der Waals surface area contributed by atoms with Crippen molar-refractivity contribution in [3.63, 3.8) is 0 Å². The summed E-state index contributed by atoms with van der Waals surface area (Å²) in [7, 11) is 1.46. The van der Waals surface area contributed by atoms with Gasteiger partial charge in [-0.05, 0) is 42.3 Å². The number of methoxy groups -OCH3 is 1. The summed E-state index contributed by atoms with van der Waals surface area (Å²) in [6.07, 6.45) is 6.61. The van der Waals surface area contributed by atoms with E-state index in [2.05, 4.69) is 11.2 Å². The van der Waals surface area contributed by atoms with Crippen LogP contribution in [0.3, 0.4) is 0 Å². The molecule has 0 aromatic heterocycles. The van der Waals surface area contributed by atoms with Gasteiger partial charge in [-0.2, -0.15) is 5.26 Å². The Kier molecular flexibility index (Phi) is 6.88. The molecular formula is C21H17ClN2O3. The molecule has 0 atom stereocenters. The molecule has 0 fully saturated rings. The van der Waals surface area contributed by atoms with E-state index in [9.17, 15) is 10.1 Å². The maximum atomic E-state index is 12.4. The molecule has 0 aliphatic rings. The Morgan fingerprint density at radius 3 is 2.74 bits per heavy atom. The molecule has 136 valence electrons. The third-order valence-corrected chi connectivity index (χ3v) is 3.90. The number of benzene rings is 2. The average molecular weight is 381 g/mol. The zero-order valence-corrected chi connectivity index (χ0v) is 15.6. The van der Waals surface area contributed by atoms with Crippen LogP contribution in [-0.2, 0) is 4.79 Å². The van der Waals surface area contributed by atoms with Gasteiger partial charge in [-0.15, -0.1) is 6.42 Å². The molecule has 5 nitrogen and oxygen atoms in total. The second-order valence-electron chi connectivity index (χ2n) is 5.47. The number of carbonyl (C=O) groups is 1. The maximum absolute atomic E-state index is 12.4. The molecule has 0 radical (unpaired) electrons. The molecule has 2 rings (SSSR count). The Hall–Kier alpha value is -3.41. The number of terminal acetylenes is 1. The smallest absolute Gasteiger partial charge is 0.266 e. The lowest BCUT2D eigenvalue weighted by Gasteiger charge is -2.12. The van der Waals surface area contributed by atoms with Crippen molar-refractivity contribution in [1.29, 1.82) is 5.26 Å². The topological polar surface area (TPSA) is 71.3 Å². The Morgan fingerprint density at radius 1 is 1.37 bits per heavy atom. The summed E-state index contributed by atoms with van der Waals surface area (Å²) in [4.78, 5) is 12.4. The maximum Gasteiger partial charge on any atom is 0.266 e. The molecule has 1 N–H and O–H groups in total. The summed E-state index contributed by atoms with van der Waals surface area (Å²) in [5.41, 5.74) is 1.97. The van der Waals surface area contributed by atoms with E-state index in [1.807, 2.05) is 25.1 Å². The first-order valence-electron chi connectivity index (χ1n) is 7.92. The summed E-state index contributed by atoms with van der Waals surface area (Å²) in [6, 6.07) is 12.4. The van der Waals surface area contributed by atoms with Crippen LogP contribution in [0.15, 0.2) is 42.0 Å². The van der Waals surface area contributed by atoms with Gasteiger partial charge in [0.2, 0.25) is 0 Å². The first-order chi connectivity index (χ1) is 13.0. The number of carbonyl (C=O) groups excluding carboxylic acids is 1. The lowest BCUT2D eigenvalue weighted by molar-refractivity contribution is -0.112. The van der Waals surface area contributed by atoms with Crippen LogP contribution in [0.4, 0.5) is 5.69 Å². The van der Waals surface area contributed by atoms with Crippen molar-refractivity contribution in [3.05, 3.63) is 58.1 Å². The van der Waals surface area contributed by atoms with Gasteiger partial charge in [-0.3, -0.25) is 4.79 Å².